The predicted octanol–water partition coefficient (Wildman–Crippen LogP) is -1.38. The van der Waals surface area contributed by atoms with Gasteiger partial charge in [-0.3, -0.25) is 9.59 Å². The Hall–Kier alpha value is -3.90. The average molecular weight is 1040 g/mol. The summed E-state index contributed by atoms with van der Waals surface area (Å²) in [5, 5.41) is 111. The first-order valence-electron chi connectivity index (χ1n) is 25.2. The fourth-order valence-electron chi connectivity index (χ4n) is 10.8. The minimum absolute atomic E-state index is 0.0360. The lowest BCUT2D eigenvalue weighted by molar-refractivity contribution is -0.338. The number of aliphatic carboxylic acids is 1. The van der Waals surface area contributed by atoms with Gasteiger partial charge in [-0.05, 0) is 50.2 Å². The van der Waals surface area contributed by atoms with E-state index in [1.165, 1.54) is 42.9 Å². The monoisotopic (exact) mass is 1040 g/mol. The average Bonchev–Trinajstić information content (AvgIpc) is 3.86. The number of hydrogen-bond acceptors (Lipinski definition) is 20. The standard InChI is InChI=1S/C48H72FN5O19/c1-4-25-16-27(44(64)50-13-14-67-47-39(61)35(37(59)32(20-55)72-47)54-19-29(52-53-54)26-11-8-12-28(49)17-26)18-30(42(25)73-48-41(63)40(62)36(58)22(2)68-48)70-46-34(51-23(3)57)43(38(60)33(21-56)71-46)69-31(45(65)66)15-24-9-6-5-7-10-24/h8,11-12,17,19,22,24-25,27,30-43,46-48,55-56,58-63H,4-7,9-10,13-16,18,20-21H2,1-3H3,(H,50,64)(H,51,57)(H,65,66)/t22?,25?,27?,30-,31+,32?,33?,34?,35?,36-,37-,38+,39?,40?,41?,42?,43?,46-,47+,48+/m1/s1. The molecular weight excluding hydrogens is 970 g/mol. The molecule has 1 aromatic heterocycles. The van der Waals surface area contributed by atoms with E-state index in [4.69, 9.17) is 33.2 Å². The lowest BCUT2D eigenvalue weighted by Crippen LogP contribution is -2.67. The molecule has 11 N–H and O–H groups in total. The van der Waals surface area contributed by atoms with Crippen LogP contribution in [0.2, 0.25) is 0 Å². The van der Waals surface area contributed by atoms with Crippen LogP contribution in [0, 0.1) is 23.6 Å². The van der Waals surface area contributed by atoms with E-state index < -0.39 is 159 Å². The summed E-state index contributed by atoms with van der Waals surface area (Å²) >= 11 is 0. The summed E-state index contributed by atoms with van der Waals surface area (Å²) in [6.07, 6.45) is -16.3. The van der Waals surface area contributed by atoms with Crippen molar-refractivity contribution >= 4 is 17.8 Å². The van der Waals surface area contributed by atoms with Crippen molar-refractivity contribution in [1.82, 2.24) is 25.6 Å². The molecular formula is C48H72FN5O19. The van der Waals surface area contributed by atoms with E-state index in [0.29, 0.717) is 12.0 Å². The zero-order valence-electron chi connectivity index (χ0n) is 41.0. The van der Waals surface area contributed by atoms with Crippen molar-refractivity contribution in [2.24, 2.45) is 17.8 Å². The van der Waals surface area contributed by atoms with Crippen molar-refractivity contribution in [1.29, 1.82) is 0 Å². The van der Waals surface area contributed by atoms with Crippen molar-refractivity contribution in [2.75, 3.05) is 26.4 Å². The van der Waals surface area contributed by atoms with Crippen LogP contribution in [0.1, 0.15) is 84.6 Å². The van der Waals surface area contributed by atoms with Gasteiger partial charge in [-0.15, -0.1) is 5.10 Å². The number of aliphatic hydroxyl groups is 8. The highest BCUT2D eigenvalue weighted by molar-refractivity contribution is 5.79. The molecule has 5 fully saturated rings. The van der Waals surface area contributed by atoms with Crippen molar-refractivity contribution in [3.05, 3.63) is 36.3 Å². The van der Waals surface area contributed by atoms with E-state index in [1.54, 1.807) is 6.07 Å². The number of rotatable bonds is 20. The van der Waals surface area contributed by atoms with Crippen molar-refractivity contribution < 1.29 is 97.9 Å². The predicted molar refractivity (Wildman–Crippen MR) is 247 cm³/mol. The maximum atomic E-state index is 14.1. The van der Waals surface area contributed by atoms with Gasteiger partial charge >= 0.3 is 5.97 Å². The highest BCUT2D eigenvalue weighted by atomic mass is 19.1. The number of nitrogens with one attached hydrogen (secondary N) is 2. The Balaban J connectivity index is 1.08. The van der Waals surface area contributed by atoms with E-state index >= 15 is 0 Å². The molecule has 0 bridgehead atoms. The first-order valence-corrected chi connectivity index (χ1v) is 25.2. The van der Waals surface area contributed by atoms with E-state index in [1.807, 2.05) is 6.92 Å². The van der Waals surface area contributed by atoms with Crippen LogP contribution < -0.4 is 10.6 Å². The number of carbonyl (C=O) groups is 3. The Labute approximate surface area is 421 Å². The van der Waals surface area contributed by atoms with Gasteiger partial charge in [0.15, 0.2) is 25.0 Å². The van der Waals surface area contributed by atoms with Gasteiger partial charge in [0.2, 0.25) is 11.8 Å². The smallest absolute Gasteiger partial charge is 0.332 e. The normalized spacial score (nSPS) is 37.8. The maximum Gasteiger partial charge on any atom is 0.332 e. The zero-order valence-corrected chi connectivity index (χ0v) is 41.0. The Bertz CT molecular complexity index is 2110. The second-order valence-electron chi connectivity index (χ2n) is 19.9. The third-order valence-corrected chi connectivity index (χ3v) is 14.8. The van der Waals surface area contributed by atoms with Gasteiger partial charge in [-0.25, -0.2) is 13.9 Å². The number of hydrogen-bond donors (Lipinski definition) is 11. The molecule has 1 aromatic carbocycles. The fraction of sp³-hybridized carbons (Fsp3) is 0.771. The molecule has 0 spiro atoms. The molecule has 5 aliphatic rings. The molecule has 2 amide bonds. The molecule has 2 aromatic rings. The van der Waals surface area contributed by atoms with Gasteiger partial charge in [0.25, 0.3) is 0 Å². The quantitative estimate of drug-likeness (QED) is 0.0681. The molecule has 410 valence electrons. The molecule has 2 aliphatic carbocycles. The van der Waals surface area contributed by atoms with E-state index in [2.05, 4.69) is 20.9 Å². The molecule has 3 saturated heterocycles. The molecule has 25 heteroatoms. The molecule has 2 saturated carbocycles. The summed E-state index contributed by atoms with van der Waals surface area (Å²) in [5.74, 6) is -4.22. The van der Waals surface area contributed by atoms with Crippen LogP contribution in [0.3, 0.4) is 0 Å². The Morgan fingerprint density at radius 3 is 2.25 bits per heavy atom. The number of ether oxygens (including phenoxy) is 7. The van der Waals surface area contributed by atoms with Gasteiger partial charge < -0.3 is 89.8 Å². The summed E-state index contributed by atoms with van der Waals surface area (Å²) in [5.41, 5.74) is 0.638. The van der Waals surface area contributed by atoms with E-state index in [-0.39, 0.29) is 44.0 Å². The highest BCUT2D eigenvalue weighted by Gasteiger charge is 2.53. The van der Waals surface area contributed by atoms with Gasteiger partial charge in [-0.2, -0.15) is 0 Å². The number of aliphatic hydroxyl groups excluding tert-OH is 8. The Morgan fingerprint density at radius 1 is 0.863 bits per heavy atom. The Kier molecular flexibility index (Phi) is 20.0. The molecule has 3 aliphatic heterocycles. The summed E-state index contributed by atoms with van der Waals surface area (Å²) < 4.78 is 57.9. The van der Waals surface area contributed by atoms with Crippen molar-refractivity contribution in [3.63, 3.8) is 0 Å². The summed E-state index contributed by atoms with van der Waals surface area (Å²) in [4.78, 5) is 39.7. The first-order chi connectivity index (χ1) is 34.9. The van der Waals surface area contributed by atoms with Gasteiger partial charge in [0.1, 0.15) is 78.5 Å². The number of aromatic nitrogens is 3. The molecule has 73 heavy (non-hydrogen) atoms. The minimum Gasteiger partial charge on any atom is -0.479 e. The number of nitrogens with zero attached hydrogens (tertiary/aromatic N) is 3. The molecule has 7 rings (SSSR count). The molecule has 20 atom stereocenters. The SMILES string of the molecule is CCC1CC(C(=O)NCCO[C@H]2OC(CO)[C@@H](O)C(n3cc(-c4cccc(F)c4)nn3)C2O)C[C@@H](O[C@@H]2OC(CO)[C@H](O)C(O[C@@H](CC3CCCCC3)C(=O)O)C2NC(C)=O)C1O[C@@H]1OC(C)[C@@H](O)C(O)C1O. The minimum atomic E-state index is -1.72. The van der Waals surface area contributed by atoms with Crippen LogP contribution in [-0.4, -0.2) is 209 Å². The first kappa shape index (κ1) is 56.8. The Morgan fingerprint density at radius 2 is 1.58 bits per heavy atom. The number of amides is 2. The highest BCUT2D eigenvalue weighted by Crippen LogP contribution is 2.40. The molecule has 0 radical (unpaired) electrons. The third kappa shape index (κ3) is 13.6. The van der Waals surface area contributed by atoms with Crippen molar-refractivity contribution in [2.45, 2.75) is 189 Å². The van der Waals surface area contributed by atoms with E-state index in [0.717, 1.165) is 32.1 Å². The summed E-state index contributed by atoms with van der Waals surface area (Å²) in [7, 11) is 0. The second kappa shape index (κ2) is 25.8. The number of carboxylic acids is 1. The van der Waals surface area contributed by atoms with Crippen LogP contribution in [0.25, 0.3) is 11.3 Å². The van der Waals surface area contributed by atoms with Crippen molar-refractivity contribution in [3.8, 4) is 11.3 Å². The molecule has 12 unspecified atom stereocenters. The van der Waals surface area contributed by atoms with Gasteiger partial charge in [-0.1, -0.05) is 62.8 Å². The van der Waals surface area contributed by atoms with Crippen LogP contribution in [0.15, 0.2) is 30.5 Å². The van der Waals surface area contributed by atoms with Gasteiger partial charge in [0, 0.05) is 24.9 Å². The summed E-state index contributed by atoms with van der Waals surface area (Å²) in [6.45, 7) is 2.69. The lowest BCUT2D eigenvalue weighted by atomic mass is 9.75. The zero-order chi connectivity index (χ0) is 52.7. The largest absolute Gasteiger partial charge is 0.479 e. The third-order valence-electron chi connectivity index (χ3n) is 14.8. The van der Waals surface area contributed by atoms with Crippen LogP contribution in [0.5, 0.6) is 0 Å². The van der Waals surface area contributed by atoms with Crippen LogP contribution >= 0.6 is 0 Å². The lowest BCUT2D eigenvalue weighted by Gasteiger charge is -2.49. The number of carbonyl (C=O) groups excluding carboxylic acids is 2. The number of benzene rings is 1. The fourth-order valence-corrected chi connectivity index (χ4v) is 10.8. The summed E-state index contributed by atoms with van der Waals surface area (Å²) in [6, 6.07) is 2.98. The maximum absolute atomic E-state index is 14.1. The van der Waals surface area contributed by atoms with Crippen LogP contribution in [0.4, 0.5) is 4.39 Å². The van der Waals surface area contributed by atoms with Crippen LogP contribution in [-0.2, 0) is 47.5 Å². The number of carboxylic acid groups (broad SMARTS) is 1. The van der Waals surface area contributed by atoms with E-state index in [9.17, 15) is 64.7 Å². The second-order valence-corrected chi connectivity index (χ2v) is 19.9. The molecule has 24 nitrogen and oxygen atoms in total. The van der Waals surface area contributed by atoms with Gasteiger partial charge in [0.05, 0.1) is 44.3 Å². The molecule has 4 heterocycles. The topological polar surface area (TPSA) is 353 Å². The number of halogens is 1.